The van der Waals surface area contributed by atoms with E-state index in [0.29, 0.717) is 16.7 Å². The summed E-state index contributed by atoms with van der Waals surface area (Å²) >= 11 is 5.92. The minimum absolute atomic E-state index is 0.263. The van der Waals surface area contributed by atoms with Gasteiger partial charge in [0.1, 0.15) is 5.69 Å². The van der Waals surface area contributed by atoms with Crippen LogP contribution in [0.3, 0.4) is 0 Å². The van der Waals surface area contributed by atoms with Crippen molar-refractivity contribution in [3.05, 3.63) is 46.7 Å². The van der Waals surface area contributed by atoms with Crippen LogP contribution in [0.4, 0.5) is 11.6 Å². The number of carbonyl (C=O) groups is 1. The highest BCUT2D eigenvalue weighted by molar-refractivity contribution is 6.30. The molecule has 0 spiro atoms. The first-order chi connectivity index (χ1) is 10.5. The first kappa shape index (κ1) is 16.2. The van der Waals surface area contributed by atoms with Crippen molar-refractivity contribution in [3.63, 3.8) is 0 Å². The number of nitrogens with one attached hydrogen (secondary N) is 1. The zero-order chi connectivity index (χ0) is 16.1. The van der Waals surface area contributed by atoms with E-state index >= 15 is 0 Å². The number of aryl methyl sites for hydroxylation is 1. The summed E-state index contributed by atoms with van der Waals surface area (Å²) in [5.41, 5.74) is 1.96. The molecule has 0 aliphatic heterocycles. The van der Waals surface area contributed by atoms with Crippen LogP contribution in [0.5, 0.6) is 0 Å². The van der Waals surface area contributed by atoms with Crippen molar-refractivity contribution in [2.75, 3.05) is 23.3 Å². The first-order valence-corrected chi connectivity index (χ1v) is 7.58. The van der Waals surface area contributed by atoms with Crippen LogP contribution in [0.1, 0.15) is 29.9 Å². The van der Waals surface area contributed by atoms with Gasteiger partial charge in [0, 0.05) is 30.0 Å². The molecule has 0 radical (unpaired) electrons. The third-order valence-electron chi connectivity index (χ3n) is 3.36. The minimum atomic E-state index is -0.263. The molecular formula is C16H19ClN4O. The fourth-order valence-electron chi connectivity index (χ4n) is 2.09. The van der Waals surface area contributed by atoms with E-state index in [9.17, 15) is 4.79 Å². The second kappa shape index (κ2) is 7.22. The van der Waals surface area contributed by atoms with E-state index < -0.39 is 0 Å². The molecular weight excluding hydrogens is 300 g/mol. The van der Waals surface area contributed by atoms with Gasteiger partial charge in [-0.2, -0.15) is 0 Å². The zero-order valence-corrected chi connectivity index (χ0v) is 13.7. The van der Waals surface area contributed by atoms with E-state index in [-0.39, 0.29) is 5.91 Å². The molecule has 0 saturated carbocycles. The number of anilines is 2. The maximum absolute atomic E-state index is 12.3. The van der Waals surface area contributed by atoms with E-state index in [4.69, 9.17) is 11.6 Å². The number of halogens is 1. The van der Waals surface area contributed by atoms with Crippen LogP contribution in [0.15, 0.2) is 30.5 Å². The Morgan fingerprint density at radius 3 is 2.64 bits per heavy atom. The molecule has 6 heteroatoms. The van der Waals surface area contributed by atoms with Crippen LogP contribution in [0.25, 0.3) is 0 Å². The molecule has 0 fully saturated rings. The second-order valence-electron chi connectivity index (χ2n) is 4.83. The topological polar surface area (TPSA) is 58.1 Å². The number of benzene rings is 1. The molecule has 2 aromatic rings. The minimum Gasteiger partial charge on any atom is -0.341 e. The summed E-state index contributed by atoms with van der Waals surface area (Å²) in [5.74, 6) is 0.298. The quantitative estimate of drug-likeness (QED) is 0.916. The van der Waals surface area contributed by atoms with E-state index in [1.54, 1.807) is 30.5 Å². The van der Waals surface area contributed by atoms with Crippen LogP contribution in [-0.2, 0) is 0 Å². The molecule has 22 heavy (non-hydrogen) atoms. The fraction of sp³-hybridized carbons (Fsp3) is 0.312. The number of amides is 1. The summed E-state index contributed by atoms with van der Waals surface area (Å²) in [5, 5.41) is 3.49. The van der Waals surface area contributed by atoms with Gasteiger partial charge in [0.05, 0.1) is 0 Å². The fourth-order valence-corrected chi connectivity index (χ4v) is 2.31. The number of hydrogen-bond acceptors (Lipinski definition) is 4. The maximum Gasteiger partial charge on any atom is 0.274 e. The highest BCUT2D eigenvalue weighted by atomic mass is 35.5. The molecule has 0 bridgehead atoms. The van der Waals surface area contributed by atoms with Gasteiger partial charge in [-0.15, -0.1) is 0 Å². The van der Waals surface area contributed by atoms with Gasteiger partial charge in [-0.1, -0.05) is 11.6 Å². The summed E-state index contributed by atoms with van der Waals surface area (Å²) in [6.07, 6.45) is 1.60. The van der Waals surface area contributed by atoms with E-state index in [1.165, 1.54) is 0 Å². The monoisotopic (exact) mass is 318 g/mol. The van der Waals surface area contributed by atoms with Gasteiger partial charge in [-0.05, 0) is 50.6 Å². The molecule has 0 saturated heterocycles. The second-order valence-corrected chi connectivity index (χ2v) is 5.26. The lowest BCUT2D eigenvalue weighted by atomic mass is 10.2. The molecule has 2 rings (SSSR count). The average Bonchev–Trinajstić information content (AvgIpc) is 2.51. The molecule has 0 atom stereocenters. The highest BCUT2D eigenvalue weighted by Crippen LogP contribution is 2.20. The molecule has 1 aromatic carbocycles. The Hall–Kier alpha value is -2.14. The number of rotatable bonds is 5. The van der Waals surface area contributed by atoms with E-state index in [1.807, 2.05) is 25.7 Å². The Labute approximate surface area is 135 Å². The van der Waals surface area contributed by atoms with Gasteiger partial charge in [-0.25, -0.2) is 9.97 Å². The lowest BCUT2D eigenvalue weighted by Gasteiger charge is -2.18. The largest absolute Gasteiger partial charge is 0.341 e. The SMILES string of the molecule is CCN(CC)c1nccc(C(=O)Nc2ccc(Cl)cc2C)n1. The Kier molecular flexibility index (Phi) is 5.33. The Morgan fingerprint density at radius 1 is 1.27 bits per heavy atom. The molecule has 0 aliphatic rings. The van der Waals surface area contributed by atoms with Crippen molar-refractivity contribution >= 4 is 29.1 Å². The molecule has 1 aromatic heterocycles. The van der Waals surface area contributed by atoms with Crippen molar-refractivity contribution in [2.45, 2.75) is 20.8 Å². The van der Waals surface area contributed by atoms with Crippen LogP contribution < -0.4 is 10.2 Å². The number of carbonyl (C=O) groups excluding carboxylic acids is 1. The third kappa shape index (κ3) is 3.74. The zero-order valence-electron chi connectivity index (χ0n) is 12.9. The Bertz CT molecular complexity index is 671. The summed E-state index contributed by atoms with van der Waals surface area (Å²) in [6, 6.07) is 6.93. The molecule has 1 heterocycles. The Balaban J connectivity index is 2.21. The summed E-state index contributed by atoms with van der Waals surface area (Å²) in [7, 11) is 0. The van der Waals surface area contributed by atoms with Crippen LogP contribution in [-0.4, -0.2) is 29.0 Å². The van der Waals surface area contributed by atoms with Crippen LogP contribution >= 0.6 is 11.6 Å². The van der Waals surface area contributed by atoms with Gasteiger partial charge in [0.15, 0.2) is 0 Å². The number of hydrogen-bond donors (Lipinski definition) is 1. The number of nitrogens with zero attached hydrogens (tertiary/aromatic N) is 3. The van der Waals surface area contributed by atoms with Gasteiger partial charge in [0.2, 0.25) is 5.95 Å². The van der Waals surface area contributed by atoms with Crippen molar-refractivity contribution in [1.29, 1.82) is 0 Å². The van der Waals surface area contributed by atoms with E-state index in [0.717, 1.165) is 24.3 Å². The highest BCUT2D eigenvalue weighted by Gasteiger charge is 2.12. The predicted octanol–water partition coefficient (Wildman–Crippen LogP) is 3.54. The lowest BCUT2D eigenvalue weighted by molar-refractivity contribution is 0.102. The van der Waals surface area contributed by atoms with Crippen LogP contribution in [0.2, 0.25) is 5.02 Å². The Morgan fingerprint density at radius 2 is 2.00 bits per heavy atom. The first-order valence-electron chi connectivity index (χ1n) is 7.20. The number of aromatic nitrogens is 2. The average molecular weight is 319 g/mol. The predicted molar refractivity (Wildman–Crippen MR) is 89.7 cm³/mol. The maximum atomic E-state index is 12.3. The molecule has 5 nitrogen and oxygen atoms in total. The van der Waals surface area contributed by atoms with Crippen molar-refractivity contribution in [1.82, 2.24) is 9.97 Å². The molecule has 1 N–H and O–H groups in total. The van der Waals surface area contributed by atoms with Crippen molar-refractivity contribution in [3.8, 4) is 0 Å². The summed E-state index contributed by atoms with van der Waals surface area (Å²) < 4.78 is 0. The standard InChI is InChI=1S/C16H19ClN4O/c1-4-21(5-2)16-18-9-8-14(20-16)15(22)19-13-7-6-12(17)10-11(13)3/h6-10H,4-5H2,1-3H3,(H,19,22). The summed E-state index contributed by atoms with van der Waals surface area (Å²) in [4.78, 5) is 22.9. The smallest absolute Gasteiger partial charge is 0.274 e. The lowest BCUT2D eigenvalue weighted by Crippen LogP contribution is -2.25. The third-order valence-corrected chi connectivity index (χ3v) is 3.59. The van der Waals surface area contributed by atoms with Gasteiger partial charge in [-0.3, -0.25) is 4.79 Å². The van der Waals surface area contributed by atoms with Crippen LogP contribution in [0, 0.1) is 6.92 Å². The van der Waals surface area contributed by atoms with Crippen molar-refractivity contribution < 1.29 is 4.79 Å². The van der Waals surface area contributed by atoms with Gasteiger partial charge in [0.25, 0.3) is 5.91 Å². The molecule has 1 amide bonds. The summed E-state index contributed by atoms with van der Waals surface area (Å²) in [6.45, 7) is 7.52. The van der Waals surface area contributed by atoms with Crippen molar-refractivity contribution in [2.24, 2.45) is 0 Å². The molecule has 116 valence electrons. The normalized spacial score (nSPS) is 10.4. The van der Waals surface area contributed by atoms with Gasteiger partial charge >= 0.3 is 0 Å². The molecule has 0 unspecified atom stereocenters. The van der Waals surface area contributed by atoms with Gasteiger partial charge < -0.3 is 10.2 Å². The molecule has 0 aliphatic carbocycles. The van der Waals surface area contributed by atoms with E-state index in [2.05, 4.69) is 15.3 Å².